The number of esters is 1. The van der Waals surface area contributed by atoms with Gasteiger partial charge in [-0.2, -0.15) is 0 Å². The molecule has 0 saturated carbocycles. The Morgan fingerprint density at radius 2 is 2.45 bits per heavy atom. The van der Waals surface area contributed by atoms with E-state index >= 15 is 0 Å². The molecule has 0 aromatic rings. The summed E-state index contributed by atoms with van der Waals surface area (Å²) < 4.78 is 5.02. The second-order valence-corrected chi connectivity index (χ2v) is 3.01. The van der Waals surface area contributed by atoms with Gasteiger partial charge in [0.2, 0.25) is 0 Å². The van der Waals surface area contributed by atoms with E-state index in [0.717, 1.165) is 0 Å². The molecule has 0 spiro atoms. The van der Waals surface area contributed by atoms with E-state index in [0.29, 0.717) is 5.57 Å². The first-order valence-electron chi connectivity index (χ1n) is 3.50. The van der Waals surface area contributed by atoms with Crippen LogP contribution in [0.3, 0.4) is 0 Å². The summed E-state index contributed by atoms with van der Waals surface area (Å²) in [5, 5.41) is 2.94. The maximum atomic E-state index is 10.9. The molecule has 3 nitrogen and oxygen atoms in total. The number of carbonyl (C=O) groups excluding carboxylic acids is 1. The number of ether oxygens (including phenoxy) is 1. The topological polar surface area (TPSA) is 38.3 Å². The molecule has 0 amide bonds. The zero-order valence-corrected chi connectivity index (χ0v) is 7.78. The Labute approximate surface area is 68.4 Å². The van der Waals surface area contributed by atoms with E-state index in [1.54, 1.807) is 6.92 Å². The molecule has 0 bridgehead atoms. The van der Waals surface area contributed by atoms with E-state index in [1.807, 2.05) is 13.0 Å². The largest absolute Gasteiger partial charge is 0.453 e. The first-order valence-corrected chi connectivity index (χ1v) is 4.08. The van der Waals surface area contributed by atoms with Crippen LogP contribution in [-0.4, -0.2) is 18.1 Å². The monoisotopic (exact) mass is 173 g/mol. The Morgan fingerprint density at radius 3 is 2.82 bits per heavy atom. The van der Waals surface area contributed by atoms with Gasteiger partial charge in [0.25, 0.3) is 0 Å². The lowest BCUT2D eigenvalue weighted by Crippen LogP contribution is -2.30. The smallest absolute Gasteiger partial charge is 0.334 e. The Morgan fingerprint density at radius 1 is 1.82 bits per heavy atom. The molecule has 0 aromatic heterocycles. The highest BCUT2D eigenvalue weighted by Crippen LogP contribution is 2.15. The third-order valence-electron chi connectivity index (χ3n) is 1.74. The van der Waals surface area contributed by atoms with Crippen LogP contribution < -0.4 is 5.09 Å². The second-order valence-electron chi connectivity index (χ2n) is 2.67. The quantitative estimate of drug-likeness (QED) is 0.491. The summed E-state index contributed by atoms with van der Waals surface area (Å²) in [7, 11) is 2.40. The van der Waals surface area contributed by atoms with E-state index in [-0.39, 0.29) is 18.1 Å². The van der Waals surface area contributed by atoms with Gasteiger partial charge in [0, 0.05) is 11.6 Å². The fourth-order valence-corrected chi connectivity index (χ4v) is 1.10. The zero-order valence-electron chi connectivity index (χ0n) is 6.63. The average molecular weight is 173 g/mol. The molecule has 1 aliphatic rings. The minimum absolute atomic E-state index is 0.111. The van der Waals surface area contributed by atoms with Gasteiger partial charge in [-0.05, 0) is 19.9 Å². The molecule has 0 radical (unpaired) electrons. The van der Waals surface area contributed by atoms with Crippen molar-refractivity contribution in [1.29, 1.82) is 0 Å². The average Bonchev–Trinajstić information content (AvgIpc) is 2.31. The Bertz CT molecular complexity index is 203. The van der Waals surface area contributed by atoms with Crippen LogP contribution in [0.5, 0.6) is 0 Å². The first kappa shape index (κ1) is 8.69. The minimum atomic E-state index is -0.206. The summed E-state index contributed by atoms with van der Waals surface area (Å²) >= 11 is 0. The molecule has 0 aliphatic carbocycles. The van der Waals surface area contributed by atoms with Gasteiger partial charge in [0.15, 0.2) is 0 Å². The summed E-state index contributed by atoms with van der Waals surface area (Å²) in [4.78, 5) is 10.9. The molecule has 0 saturated heterocycles. The van der Waals surface area contributed by atoms with Crippen molar-refractivity contribution >= 4 is 15.4 Å². The van der Waals surface area contributed by atoms with Crippen molar-refractivity contribution in [2.45, 2.75) is 26.0 Å². The van der Waals surface area contributed by atoms with Crippen LogP contribution in [0.1, 0.15) is 13.8 Å². The number of hydrogen-bond acceptors (Lipinski definition) is 3. The van der Waals surface area contributed by atoms with E-state index in [1.165, 1.54) is 0 Å². The van der Waals surface area contributed by atoms with Crippen molar-refractivity contribution < 1.29 is 9.53 Å². The minimum Gasteiger partial charge on any atom is -0.453 e. The number of carbonyl (C=O) groups is 1. The zero-order chi connectivity index (χ0) is 8.43. The molecule has 4 heteroatoms. The molecule has 1 aliphatic heterocycles. The molecule has 1 N–H and O–H groups in total. The molecule has 3 atom stereocenters. The van der Waals surface area contributed by atoms with Crippen molar-refractivity contribution in [1.82, 2.24) is 5.09 Å². The van der Waals surface area contributed by atoms with Crippen LogP contribution in [0.15, 0.2) is 11.6 Å². The van der Waals surface area contributed by atoms with Crippen LogP contribution in [0.25, 0.3) is 0 Å². The fraction of sp³-hybridized carbons (Fsp3) is 0.571. The lowest BCUT2D eigenvalue weighted by molar-refractivity contribution is -0.140. The molecule has 0 aromatic carbocycles. The van der Waals surface area contributed by atoms with Gasteiger partial charge in [-0.15, -0.1) is 0 Å². The summed E-state index contributed by atoms with van der Waals surface area (Å²) in [6.07, 6.45) is 1.73. The van der Waals surface area contributed by atoms with E-state index in [9.17, 15) is 4.79 Å². The van der Waals surface area contributed by atoms with Crippen molar-refractivity contribution in [3.05, 3.63) is 11.6 Å². The van der Waals surface area contributed by atoms with Gasteiger partial charge >= 0.3 is 5.97 Å². The lowest BCUT2D eigenvalue weighted by atomic mass is 10.2. The third-order valence-corrected chi connectivity index (χ3v) is 2.26. The van der Waals surface area contributed by atoms with Gasteiger partial charge in [0.1, 0.15) is 6.10 Å². The summed E-state index contributed by atoms with van der Waals surface area (Å²) in [5.41, 5.74) is 0.696. The first-order chi connectivity index (χ1) is 5.15. The Hall–Kier alpha value is -0.400. The molecular weight excluding hydrogens is 161 g/mol. The molecule has 11 heavy (non-hydrogen) atoms. The molecule has 2 unspecified atom stereocenters. The van der Waals surface area contributed by atoms with E-state index < -0.39 is 0 Å². The van der Waals surface area contributed by atoms with Crippen molar-refractivity contribution in [3.63, 3.8) is 0 Å². The predicted molar refractivity (Wildman–Crippen MR) is 45.9 cm³/mol. The van der Waals surface area contributed by atoms with E-state index in [2.05, 4.69) is 14.5 Å². The molecular formula is C7H12NO2P. The lowest BCUT2D eigenvalue weighted by Gasteiger charge is -2.15. The molecule has 1 rings (SSSR count). The maximum Gasteiger partial charge on any atom is 0.334 e. The van der Waals surface area contributed by atoms with Crippen molar-refractivity contribution in [2.75, 3.05) is 0 Å². The third kappa shape index (κ3) is 1.79. The van der Waals surface area contributed by atoms with Crippen LogP contribution in [-0.2, 0) is 9.53 Å². The normalized spacial score (nSPS) is 26.3. The fourth-order valence-electron chi connectivity index (χ4n) is 0.906. The van der Waals surface area contributed by atoms with Gasteiger partial charge in [-0.25, -0.2) is 4.79 Å². The Kier molecular flexibility index (Phi) is 2.63. The predicted octanol–water partition coefficient (Wildman–Crippen LogP) is 0.626. The van der Waals surface area contributed by atoms with Crippen molar-refractivity contribution in [2.24, 2.45) is 0 Å². The van der Waals surface area contributed by atoms with Crippen LogP contribution >= 0.6 is 9.39 Å². The van der Waals surface area contributed by atoms with Crippen LogP contribution in [0.2, 0.25) is 0 Å². The van der Waals surface area contributed by atoms with Gasteiger partial charge in [-0.3, -0.25) is 5.09 Å². The second kappa shape index (κ2) is 3.33. The number of nitrogens with one attached hydrogen (secondary N) is 1. The van der Waals surface area contributed by atoms with Gasteiger partial charge < -0.3 is 4.74 Å². The summed E-state index contributed by atoms with van der Waals surface area (Å²) in [6, 6.07) is 0.154. The number of cyclic esters (lactones) is 1. The van der Waals surface area contributed by atoms with Gasteiger partial charge in [0.05, 0.1) is 0 Å². The molecule has 1 heterocycles. The number of rotatable bonds is 2. The SMILES string of the molecule is CC1=CC([C@H](C)NP)OC1=O. The van der Waals surface area contributed by atoms with Gasteiger partial charge in [-0.1, -0.05) is 9.39 Å². The number of hydrogen-bond donors (Lipinski definition) is 1. The van der Waals surface area contributed by atoms with Crippen LogP contribution in [0, 0.1) is 0 Å². The standard InChI is InChI=1S/C7H12NO2P/c1-4-3-6(5(2)8-11)10-7(4)9/h3,5-6,8H,11H2,1-2H3/t5-,6?/m0/s1. The molecule has 0 fully saturated rings. The highest BCUT2D eigenvalue weighted by atomic mass is 31.0. The van der Waals surface area contributed by atoms with E-state index in [4.69, 9.17) is 4.74 Å². The highest BCUT2D eigenvalue weighted by Gasteiger charge is 2.25. The Balaban J connectivity index is 2.60. The van der Waals surface area contributed by atoms with Crippen LogP contribution in [0.4, 0.5) is 0 Å². The van der Waals surface area contributed by atoms with Crippen molar-refractivity contribution in [3.8, 4) is 0 Å². The molecule has 62 valence electrons. The summed E-state index contributed by atoms with van der Waals surface area (Å²) in [5.74, 6) is -0.206. The summed E-state index contributed by atoms with van der Waals surface area (Å²) in [6.45, 7) is 3.72. The maximum absolute atomic E-state index is 10.9. The highest BCUT2D eigenvalue weighted by molar-refractivity contribution is 7.13.